The average Bonchev–Trinajstić information content (AvgIpc) is 3.25. The van der Waals surface area contributed by atoms with E-state index in [0.29, 0.717) is 13.0 Å². The summed E-state index contributed by atoms with van der Waals surface area (Å²) in [5.74, 6) is -0.999. The van der Waals surface area contributed by atoms with Gasteiger partial charge in [0, 0.05) is 38.3 Å². The molecule has 1 spiro atoms. The van der Waals surface area contributed by atoms with Gasteiger partial charge >= 0.3 is 5.97 Å². The van der Waals surface area contributed by atoms with Crippen molar-refractivity contribution in [3.63, 3.8) is 0 Å². The number of hydrogen-bond acceptors (Lipinski definition) is 3. The van der Waals surface area contributed by atoms with Crippen molar-refractivity contribution in [1.82, 2.24) is 14.4 Å². The van der Waals surface area contributed by atoms with Crippen molar-refractivity contribution < 1.29 is 14.7 Å². The Balaban J connectivity index is 1.42. The lowest BCUT2D eigenvalue weighted by molar-refractivity contribution is -0.147. The van der Waals surface area contributed by atoms with Crippen molar-refractivity contribution in [2.45, 2.75) is 52.2 Å². The number of carboxylic acid groups (broad SMARTS) is 1. The maximum Gasteiger partial charge on any atom is 0.326 e. The van der Waals surface area contributed by atoms with Crippen LogP contribution in [-0.2, 0) is 22.7 Å². The van der Waals surface area contributed by atoms with Gasteiger partial charge in [0.2, 0.25) is 5.91 Å². The van der Waals surface area contributed by atoms with E-state index in [1.165, 1.54) is 23.4 Å². The zero-order valence-corrected chi connectivity index (χ0v) is 16.7. The number of aliphatic carboxylic acids is 1. The van der Waals surface area contributed by atoms with Crippen LogP contribution in [-0.4, -0.2) is 57.0 Å². The Kier molecular flexibility index (Phi) is 4.91. The third-order valence-electron chi connectivity index (χ3n) is 6.70. The topological polar surface area (TPSA) is 65.8 Å². The molecule has 1 atom stereocenters. The predicted molar refractivity (Wildman–Crippen MR) is 108 cm³/mol. The summed E-state index contributed by atoms with van der Waals surface area (Å²) in [4.78, 5) is 27.5. The summed E-state index contributed by atoms with van der Waals surface area (Å²) in [6, 6.07) is 8.19. The monoisotopic (exact) mass is 383 g/mol. The third-order valence-corrected chi connectivity index (χ3v) is 6.70. The van der Waals surface area contributed by atoms with E-state index in [1.807, 2.05) is 0 Å². The highest BCUT2D eigenvalue weighted by atomic mass is 16.4. The van der Waals surface area contributed by atoms with Crippen LogP contribution in [0.15, 0.2) is 30.5 Å². The molecule has 1 amide bonds. The van der Waals surface area contributed by atoms with Crippen molar-refractivity contribution >= 4 is 22.8 Å². The summed E-state index contributed by atoms with van der Waals surface area (Å²) in [7, 11) is 0. The van der Waals surface area contributed by atoms with Gasteiger partial charge in [0.1, 0.15) is 6.04 Å². The molecule has 2 aromatic rings. The molecular weight excluding hydrogens is 354 g/mol. The molecule has 1 aromatic carbocycles. The van der Waals surface area contributed by atoms with Crippen molar-refractivity contribution in [2.24, 2.45) is 5.41 Å². The van der Waals surface area contributed by atoms with Crippen LogP contribution in [0.1, 0.15) is 38.7 Å². The molecule has 6 heteroatoms. The Morgan fingerprint density at radius 1 is 1.21 bits per heavy atom. The first-order valence-corrected chi connectivity index (χ1v) is 10.2. The molecule has 0 aliphatic carbocycles. The van der Waals surface area contributed by atoms with E-state index in [0.717, 1.165) is 39.0 Å². The Morgan fingerprint density at radius 2 is 1.96 bits per heavy atom. The lowest BCUT2D eigenvalue weighted by atomic mass is 9.76. The fourth-order valence-corrected chi connectivity index (χ4v) is 5.02. The quantitative estimate of drug-likeness (QED) is 0.882. The molecule has 28 heavy (non-hydrogen) atoms. The van der Waals surface area contributed by atoms with Gasteiger partial charge in [-0.25, -0.2) is 4.79 Å². The number of amides is 1. The van der Waals surface area contributed by atoms with Crippen LogP contribution in [0.25, 0.3) is 10.9 Å². The van der Waals surface area contributed by atoms with Gasteiger partial charge in [-0.2, -0.15) is 0 Å². The minimum absolute atomic E-state index is 0.0356. The zero-order chi connectivity index (χ0) is 19.9. The second kappa shape index (κ2) is 7.24. The summed E-state index contributed by atoms with van der Waals surface area (Å²) in [5.41, 5.74) is 2.56. The molecule has 150 valence electrons. The smallest absolute Gasteiger partial charge is 0.326 e. The van der Waals surface area contributed by atoms with Crippen molar-refractivity contribution in [1.29, 1.82) is 0 Å². The van der Waals surface area contributed by atoms with Crippen LogP contribution >= 0.6 is 0 Å². The number of likely N-dealkylation sites (tertiary alicyclic amines) is 2. The molecule has 1 N–H and O–H groups in total. The van der Waals surface area contributed by atoms with E-state index in [2.05, 4.69) is 46.9 Å². The molecule has 0 saturated carbocycles. The summed E-state index contributed by atoms with van der Waals surface area (Å²) < 4.78 is 2.27. The first kappa shape index (κ1) is 19.0. The number of aromatic nitrogens is 1. The van der Waals surface area contributed by atoms with Crippen LogP contribution in [0, 0.1) is 5.41 Å². The van der Waals surface area contributed by atoms with Gasteiger partial charge in [-0.3, -0.25) is 9.69 Å². The maximum atomic E-state index is 11.9. The van der Waals surface area contributed by atoms with E-state index in [1.54, 1.807) is 4.90 Å². The fourth-order valence-electron chi connectivity index (χ4n) is 5.02. The Hall–Kier alpha value is -2.34. The number of fused-ring (bicyclic) bond motifs is 1. The molecule has 1 unspecified atom stereocenters. The van der Waals surface area contributed by atoms with Gasteiger partial charge in [0.05, 0.1) is 0 Å². The molecule has 4 rings (SSSR count). The summed E-state index contributed by atoms with van der Waals surface area (Å²) >= 11 is 0. The summed E-state index contributed by atoms with van der Waals surface area (Å²) in [6.45, 7) is 8.01. The number of carbonyl (C=O) groups is 2. The minimum Gasteiger partial charge on any atom is -0.480 e. The van der Waals surface area contributed by atoms with Crippen molar-refractivity contribution in [3.05, 3.63) is 36.0 Å². The van der Waals surface area contributed by atoms with Crippen LogP contribution in [0.4, 0.5) is 0 Å². The first-order chi connectivity index (χ1) is 13.4. The summed E-state index contributed by atoms with van der Waals surface area (Å²) in [6.07, 6.45) is 4.63. The Labute approximate surface area is 165 Å². The average molecular weight is 383 g/mol. The van der Waals surface area contributed by atoms with Crippen molar-refractivity contribution in [2.75, 3.05) is 19.6 Å². The molecule has 2 saturated heterocycles. The summed E-state index contributed by atoms with van der Waals surface area (Å²) in [5, 5.41) is 10.8. The standard InChI is InChI=1S/C22H29N3O3/c1-3-24-9-6-18-5-4-17(12-19(18)24)14-23-10-7-22(8-11-23)13-20(21(27)28)25(15-22)16(2)26/h4-6,9,12,20H,3,7-8,10-11,13-15H2,1-2H3,(H,27,28). The van der Waals surface area contributed by atoms with E-state index in [9.17, 15) is 14.7 Å². The number of piperidine rings is 1. The van der Waals surface area contributed by atoms with Gasteiger partial charge in [0.25, 0.3) is 0 Å². The first-order valence-electron chi connectivity index (χ1n) is 10.2. The number of benzene rings is 1. The molecule has 0 radical (unpaired) electrons. The van der Waals surface area contributed by atoms with E-state index >= 15 is 0 Å². The molecule has 0 bridgehead atoms. The number of hydrogen-bond donors (Lipinski definition) is 1. The maximum absolute atomic E-state index is 11.9. The fraction of sp³-hybridized carbons (Fsp3) is 0.545. The van der Waals surface area contributed by atoms with Crippen LogP contribution in [0.2, 0.25) is 0 Å². The number of aryl methyl sites for hydroxylation is 1. The normalized spacial score (nSPS) is 22.2. The molecule has 6 nitrogen and oxygen atoms in total. The Bertz CT molecular complexity index is 872. The van der Waals surface area contributed by atoms with Gasteiger partial charge in [0.15, 0.2) is 0 Å². The van der Waals surface area contributed by atoms with E-state index in [-0.39, 0.29) is 11.3 Å². The number of carboxylic acids is 1. The van der Waals surface area contributed by atoms with Gasteiger partial charge < -0.3 is 14.6 Å². The molecule has 3 heterocycles. The van der Waals surface area contributed by atoms with Crippen LogP contribution in [0.5, 0.6) is 0 Å². The highest BCUT2D eigenvalue weighted by Gasteiger charge is 2.48. The van der Waals surface area contributed by atoms with Gasteiger partial charge in [-0.15, -0.1) is 0 Å². The van der Waals surface area contributed by atoms with Gasteiger partial charge in [-0.05, 0) is 67.8 Å². The minimum atomic E-state index is -0.873. The van der Waals surface area contributed by atoms with E-state index < -0.39 is 12.0 Å². The lowest BCUT2D eigenvalue weighted by Crippen LogP contribution is -2.42. The SMILES string of the molecule is CCn1ccc2ccc(CN3CCC4(CC3)CC(C(=O)O)N(C(C)=O)C4)cc21. The van der Waals surface area contributed by atoms with Crippen LogP contribution < -0.4 is 0 Å². The van der Waals surface area contributed by atoms with Crippen molar-refractivity contribution in [3.8, 4) is 0 Å². The third kappa shape index (κ3) is 3.41. The molecule has 2 aliphatic rings. The Morgan fingerprint density at radius 3 is 2.57 bits per heavy atom. The molecule has 2 aliphatic heterocycles. The van der Waals surface area contributed by atoms with E-state index in [4.69, 9.17) is 0 Å². The highest BCUT2D eigenvalue weighted by molar-refractivity contribution is 5.83. The largest absolute Gasteiger partial charge is 0.480 e. The zero-order valence-electron chi connectivity index (χ0n) is 16.7. The van der Waals surface area contributed by atoms with Gasteiger partial charge in [-0.1, -0.05) is 12.1 Å². The number of carbonyl (C=O) groups excluding carboxylic acids is 1. The molecule has 2 fully saturated rings. The molecular formula is C22H29N3O3. The van der Waals surface area contributed by atoms with Crippen LogP contribution in [0.3, 0.4) is 0 Å². The highest BCUT2D eigenvalue weighted by Crippen LogP contribution is 2.43. The number of rotatable bonds is 4. The second-order valence-corrected chi connectivity index (χ2v) is 8.48. The molecule has 1 aromatic heterocycles. The predicted octanol–water partition coefficient (Wildman–Crippen LogP) is 2.95. The lowest BCUT2D eigenvalue weighted by Gasteiger charge is -2.39. The second-order valence-electron chi connectivity index (χ2n) is 8.48. The number of nitrogens with zero attached hydrogens (tertiary/aromatic N) is 3.